The number of hydrogen-bond acceptors (Lipinski definition) is 2. The molecule has 2 aromatic rings. The SMILES string of the molecule is Cc1ccccc1CC(C)C(=O)Nc1cc(C(=O)O)ccc1Cl. The van der Waals surface area contributed by atoms with Crippen molar-refractivity contribution < 1.29 is 14.7 Å². The molecule has 23 heavy (non-hydrogen) atoms. The maximum absolute atomic E-state index is 12.3. The number of carbonyl (C=O) groups is 2. The molecule has 0 aliphatic carbocycles. The van der Waals surface area contributed by atoms with E-state index in [1.54, 1.807) is 0 Å². The van der Waals surface area contributed by atoms with Crippen molar-refractivity contribution in [1.29, 1.82) is 0 Å². The van der Waals surface area contributed by atoms with Gasteiger partial charge in [0.2, 0.25) is 5.91 Å². The standard InChI is InChI=1S/C18H18ClNO3/c1-11-5-3-4-6-13(11)9-12(2)17(21)20-16-10-14(18(22)23)7-8-15(16)19/h3-8,10,12H,9H2,1-2H3,(H,20,21)(H,22,23). The fourth-order valence-electron chi connectivity index (χ4n) is 2.27. The monoisotopic (exact) mass is 331 g/mol. The van der Waals surface area contributed by atoms with E-state index in [0.29, 0.717) is 17.1 Å². The molecule has 0 aliphatic rings. The lowest BCUT2D eigenvalue weighted by Crippen LogP contribution is -2.22. The number of carboxylic acids is 1. The number of anilines is 1. The Bertz CT molecular complexity index is 743. The van der Waals surface area contributed by atoms with Gasteiger partial charge in [0.25, 0.3) is 0 Å². The molecule has 120 valence electrons. The molecule has 2 rings (SSSR count). The summed E-state index contributed by atoms with van der Waals surface area (Å²) < 4.78 is 0. The summed E-state index contributed by atoms with van der Waals surface area (Å²) in [6.45, 7) is 3.84. The minimum Gasteiger partial charge on any atom is -0.478 e. The lowest BCUT2D eigenvalue weighted by atomic mass is 9.97. The summed E-state index contributed by atoms with van der Waals surface area (Å²) in [7, 11) is 0. The molecule has 4 nitrogen and oxygen atoms in total. The Morgan fingerprint density at radius 1 is 1.22 bits per heavy atom. The Hall–Kier alpha value is -2.33. The molecule has 5 heteroatoms. The van der Waals surface area contributed by atoms with E-state index < -0.39 is 5.97 Å². The van der Waals surface area contributed by atoms with Gasteiger partial charge in [-0.25, -0.2) is 4.79 Å². The zero-order valence-electron chi connectivity index (χ0n) is 13.0. The van der Waals surface area contributed by atoms with Gasteiger partial charge in [-0.2, -0.15) is 0 Å². The zero-order chi connectivity index (χ0) is 17.0. The van der Waals surface area contributed by atoms with Crippen LogP contribution in [-0.2, 0) is 11.2 Å². The predicted molar refractivity (Wildman–Crippen MR) is 91.1 cm³/mol. The van der Waals surface area contributed by atoms with Crippen LogP contribution in [0.15, 0.2) is 42.5 Å². The fourth-order valence-corrected chi connectivity index (χ4v) is 2.44. The molecule has 0 fully saturated rings. The molecule has 2 N–H and O–H groups in total. The Kier molecular flexibility index (Phi) is 5.40. The minimum atomic E-state index is -1.06. The Morgan fingerprint density at radius 2 is 1.91 bits per heavy atom. The summed E-state index contributed by atoms with van der Waals surface area (Å²) >= 11 is 6.03. The van der Waals surface area contributed by atoms with Crippen LogP contribution in [0.4, 0.5) is 5.69 Å². The van der Waals surface area contributed by atoms with Crippen LogP contribution in [0.25, 0.3) is 0 Å². The normalized spacial score (nSPS) is 11.8. The van der Waals surface area contributed by atoms with Gasteiger partial charge in [-0.05, 0) is 42.7 Å². The second-order valence-corrected chi connectivity index (χ2v) is 5.93. The second kappa shape index (κ2) is 7.29. The second-order valence-electron chi connectivity index (χ2n) is 5.52. The smallest absolute Gasteiger partial charge is 0.335 e. The van der Waals surface area contributed by atoms with E-state index in [9.17, 15) is 9.59 Å². The first-order valence-corrected chi connectivity index (χ1v) is 7.64. The highest BCUT2D eigenvalue weighted by Gasteiger charge is 2.17. The van der Waals surface area contributed by atoms with E-state index >= 15 is 0 Å². The van der Waals surface area contributed by atoms with Gasteiger partial charge in [-0.3, -0.25) is 4.79 Å². The number of amides is 1. The first-order valence-electron chi connectivity index (χ1n) is 7.26. The molecule has 0 aromatic heterocycles. The number of nitrogens with one attached hydrogen (secondary N) is 1. The molecule has 0 heterocycles. The molecule has 0 spiro atoms. The third kappa shape index (κ3) is 4.33. The van der Waals surface area contributed by atoms with Gasteiger partial charge in [-0.1, -0.05) is 42.8 Å². The number of carboxylic acid groups (broad SMARTS) is 1. The van der Waals surface area contributed by atoms with Crippen LogP contribution in [0.3, 0.4) is 0 Å². The number of aryl methyl sites for hydroxylation is 1. The molecule has 2 aromatic carbocycles. The maximum Gasteiger partial charge on any atom is 0.335 e. The van der Waals surface area contributed by atoms with Crippen LogP contribution in [0, 0.1) is 12.8 Å². The predicted octanol–water partition coefficient (Wildman–Crippen LogP) is 4.16. The summed E-state index contributed by atoms with van der Waals surface area (Å²) in [6.07, 6.45) is 0.606. The van der Waals surface area contributed by atoms with Crippen LogP contribution in [0.1, 0.15) is 28.4 Å². The van der Waals surface area contributed by atoms with Crippen LogP contribution >= 0.6 is 11.6 Å². The first kappa shape index (κ1) is 17.0. The number of hydrogen-bond donors (Lipinski definition) is 2. The van der Waals surface area contributed by atoms with Crippen LogP contribution in [-0.4, -0.2) is 17.0 Å². The molecule has 1 amide bonds. The lowest BCUT2D eigenvalue weighted by molar-refractivity contribution is -0.119. The molecule has 0 aliphatic heterocycles. The molecule has 0 saturated carbocycles. The van der Waals surface area contributed by atoms with Gasteiger partial charge in [0.15, 0.2) is 0 Å². The van der Waals surface area contributed by atoms with Crippen molar-refractivity contribution in [1.82, 2.24) is 0 Å². The van der Waals surface area contributed by atoms with Gasteiger partial charge in [0, 0.05) is 5.92 Å². The fraction of sp³-hybridized carbons (Fsp3) is 0.222. The van der Waals surface area contributed by atoms with E-state index in [4.69, 9.17) is 16.7 Å². The van der Waals surface area contributed by atoms with Crippen LogP contribution in [0.2, 0.25) is 5.02 Å². The van der Waals surface area contributed by atoms with Gasteiger partial charge < -0.3 is 10.4 Å². The quantitative estimate of drug-likeness (QED) is 0.864. The van der Waals surface area contributed by atoms with Crippen molar-refractivity contribution in [2.45, 2.75) is 20.3 Å². The third-order valence-corrected chi connectivity index (χ3v) is 4.04. The summed E-state index contributed by atoms with van der Waals surface area (Å²) in [5.41, 5.74) is 2.64. The van der Waals surface area contributed by atoms with E-state index in [1.807, 2.05) is 38.1 Å². The topological polar surface area (TPSA) is 66.4 Å². The maximum atomic E-state index is 12.3. The van der Waals surface area contributed by atoms with Gasteiger partial charge in [0.1, 0.15) is 0 Å². The van der Waals surface area contributed by atoms with Crippen molar-refractivity contribution in [2.24, 2.45) is 5.92 Å². The van der Waals surface area contributed by atoms with Gasteiger partial charge in [0.05, 0.1) is 16.3 Å². The average molecular weight is 332 g/mol. The van der Waals surface area contributed by atoms with E-state index in [-0.39, 0.29) is 17.4 Å². The summed E-state index contributed by atoms with van der Waals surface area (Å²) in [6, 6.07) is 12.1. The van der Waals surface area contributed by atoms with Crippen molar-refractivity contribution in [3.05, 3.63) is 64.2 Å². The van der Waals surface area contributed by atoms with Crippen molar-refractivity contribution >= 4 is 29.2 Å². The molecule has 1 atom stereocenters. The Morgan fingerprint density at radius 3 is 2.57 bits per heavy atom. The van der Waals surface area contributed by atoms with E-state index in [0.717, 1.165) is 11.1 Å². The van der Waals surface area contributed by atoms with Crippen molar-refractivity contribution in [3.63, 3.8) is 0 Å². The highest BCUT2D eigenvalue weighted by Crippen LogP contribution is 2.24. The van der Waals surface area contributed by atoms with Crippen LogP contribution < -0.4 is 5.32 Å². The first-order chi connectivity index (χ1) is 10.9. The number of carbonyl (C=O) groups excluding carboxylic acids is 1. The molecule has 0 saturated heterocycles. The lowest BCUT2D eigenvalue weighted by Gasteiger charge is -2.15. The zero-order valence-corrected chi connectivity index (χ0v) is 13.7. The molecule has 1 unspecified atom stereocenters. The largest absolute Gasteiger partial charge is 0.478 e. The number of aromatic carboxylic acids is 1. The average Bonchev–Trinajstić information content (AvgIpc) is 2.51. The summed E-state index contributed by atoms with van der Waals surface area (Å²) in [5.74, 6) is -1.52. The summed E-state index contributed by atoms with van der Waals surface area (Å²) in [4.78, 5) is 23.4. The number of halogens is 1. The van der Waals surface area contributed by atoms with Crippen LogP contribution in [0.5, 0.6) is 0 Å². The van der Waals surface area contributed by atoms with Gasteiger partial charge in [-0.15, -0.1) is 0 Å². The molecule has 0 radical (unpaired) electrons. The van der Waals surface area contributed by atoms with Gasteiger partial charge >= 0.3 is 5.97 Å². The molecular formula is C18H18ClNO3. The van der Waals surface area contributed by atoms with E-state index in [1.165, 1.54) is 18.2 Å². The molecular weight excluding hydrogens is 314 g/mol. The highest BCUT2D eigenvalue weighted by atomic mass is 35.5. The highest BCUT2D eigenvalue weighted by molar-refractivity contribution is 6.33. The molecule has 0 bridgehead atoms. The number of benzene rings is 2. The minimum absolute atomic E-state index is 0.0799. The van der Waals surface area contributed by atoms with E-state index in [2.05, 4.69) is 5.32 Å². The van der Waals surface area contributed by atoms with Crippen molar-refractivity contribution in [3.8, 4) is 0 Å². The Labute approximate surface area is 140 Å². The van der Waals surface area contributed by atoms with Crippen molar-refractivity contribution in [2.75, 3.05) is 5.32 Å². The third-order valence-electron chi connectivity index (χ3n) is 3.71. The Balaban J connectivity index is 2.11. The number of rotatable bonds is 5. The summed E-state index contributed by atoms with van der Waals surface area (Å²) in [5, 5.41) is 12.0.